The zero-order valence-corrected chi connectivity index (χ0v) is 14.9. The highest BCUT2D eigenvalue weighted by Gasteiger charge is 2.21. The van der Waals surface area contributed by atoms with Crippen molar-refractivity contribution in [3.8, 4) is 0 Å². The van der Waals surface area contributed by atoms with E-state index in [1.165, 1.54) is 7.11 Å². The number of rotatable bonds is 7. The number of methoxy groups -OCH3 is 1. The first-order valence-electron chi connectivity index (χ1n) is 7.16. The predicted molar refractivity (Wildman–Crippen MR) is 96.4 cm³/mol. The summed E-state index contributed by atoms with van der Waals surface area (Å²) in [4.78, 5) is 0. The molecular weight excluding hydrogens is 336 g/mol. The monoisotopic (exact) mass is 358 g/mol. The summed E-state index contributed by atoms with van der Waals surface area (Å²) in [6.45, 7) is 1.91. The van der Waals surface area contributed by atoms with Crippen LogP contribution in [0.3, 0.4) is 0 Å². The number of halogens is 1. The Kier molecular flexibility index (Phi) is 7.44. The van der Waals surface area contributed by atoms with E-state index in [0.29, 0.717) is 0 Å². The maximum Gasteiger partial charge on any atom is 0.214 e. The zero-order chi connectivity index (χ0) is 16.2. The molecule has 2 rings (SSSR count). The lowest BCUT2D eigenvalue weighted by Gasteiger charge is -2.19. The largest absolute Gasteiger partial charge is 0.381 e. The number of hydrogen-bond acceptors (Lipinski definition) is 4. The number of sulfonamides is 1. The van der Waals surface area contributed by atoms with Gasteiger partial charge in [0.25, 0.3) is 0 Å². The average molecular weight is 359 g/mol. The Labute approximate surface area is 143 Å². The van der Waals surface area contributed by atoms with Crippen molar-refractivity contribution >= 4 is 33.2 Å². The van der Waals surface area contributed by atoms with Crippen molar-refractivity contribution in [2.75, 3.05) is 19.4 Å². The average Bonchev–Trinajstić information content (AvgIpc) is 2.51. The van der Waals surface area contributed by atoms with Gasteiger partial charge in [0.05, 0.1) is 17.9 Å². The predicted octanol–water partition coefficient (Wildman–Crippen LogP) is 2.22. The lowest BCUT2D eigenvalue weighted by molar-refractivity contribution is 0.136. The van der Waals surface area contributed by atoms with E-state index in [2.05, 4.69) is 4.72 Å². The Morgan fingerprint density at radius 2 is 1.83 bits per heavy atom. The van der Waals surface area contributed by atoms with E-state index in [0.717, 1.165) is 16.3 Å². The molecular formula is C16H23ClN2O3S. The molecule has 2 unspecified atom stereocenters. The summed E-state index contributed by atoms with van der Waals surface area (Å²) in [5.41, 5.74) is 6.62. The van der Waals surface area contributed by atoms with Crippen LogP contribution in [0.2, 0.25) is 0 Å². The number of fused-ring (bicyclic) bond motifs is 1. The van der Waals surface area contributed by atoms with Crippen molar-refractivity contribution in [2.45, 2.75) is 19.1 Å². The van der Waals surface area contributed by atoms with Crippen LogP contribution in [0.25, 0.3) is 10.8 Å². The molecule has 23 heavy (non-hydrogen) atoms. The molecule has 2 aromatic carbocycles. The van der Waals surface area contributed by atoms with Gasteiger partial charge in [0.2, 0.25) is 10.0 Å². The van der Waals surface area contributed by atoms with Gasteiger partial charge in [0.1, 0.15) is 0 Å². The van der Waals surface area contributed by atoms with Gasteiger partial charge < -0.3 is 10.5 Å². The number of hydrogen-bond donors (Lipinski definition) is 2. The van der Waals surface area contributed by atoms with Crippen LogP contribution >= 0.6 is 12.4 Å². The van der Waals surface area contributed by atoms with E-state index in [1.807, 2.05) is 42.5 Å². The minimum absolute atomic E-state index is 0. The van der Waals surface area contributed by atoms with Gasteiger partial charge in [-0.1, -0.05) is 36.4 Å². The third-order valence-electron chi connectivity index (χ3n) is 3.59. The van der Waals surface area contributed by atoms with Gasteiger partial charge in [-0.05, 0) is 29.3 Å². The van der Waals surface area contributed by atoms with Crippen molar-refractivity contribution in [1.82, 2.24) is 4.72 Å². The van der Waals surface area contributed by atoms with Crippen molar-refractivity contribution in [3.63, 3.8) is 0 Å². The molecule has 0 aliphatic heterocycles. The zero-order valence-electron chi connectivity index (χ0n) is 13.2. The first-order chi connectivity index (χ1) is 10.4. The molecule has 2 aromatic rings. The van der Waals surface area contributed by atoms with E-state index >= 15 is 0 Å². The van der Waals surface area contributed by atoms with Crippen LogP contribution in [0.1, 0.15) is 18.5 Å². The van der Waals surface area contributed by atoms with Crippen molar-refractivity contribution in [2.24, 2.45) is 5.73 Å². The minimum Gasteiger partial charge on any atom is -0.381 e. The number of benzene rings is 2. The highest BCUT2D eigenvalue weighted by atomic mass is 35.5. The van der Waals surface area contributed by atoms with Crippen molar-refractivity contribution < 1.29 is 13.2 Å². The van der Waals surface area contributed by atoms with Crippen LogP contribution in [0.15, 0.2) is 42.5 Å². The van der Waals surface area contributed by atoms with Crippen LogP contribution < -0.4 is 10.5 Å². The van der Waals surface area contributed by atoms with E-state index in [9.17, 15) is 8.42 Å². The van der Waals surface area contributed by atoms with E-state index < -0.39 is 16.1 Å². The highest BCUT2D eigenvalue weighted by molar-refractivity contribution is 7.89. The van der Waals surface area contributed by atoms with Gasteiger partial charge >= 0.3 is 0 Å². The van der Waals surface area contributed by atoms with Gasteiger partial charge in [0.15, 0.2) is 0 Å². The fourth-order valence-corrected chi connectivity index (χ4v) is 3.83. The maximum atomic E-state index is 12.2. The SMILES string of the molecule is COC(C)CS(=O)(=O)NC(CN)c1ccc2ccccc2c1.Cl. The lowest BCUT2D eigenvalue weighted by Crippen LogP contribution is -2.37. The summed E-state index contributed by atoms with van der Waals surface area (Å²) < 4.78 is 32.0. The van der Waals surface area contributed by atoms with E-state index in [4.69, 9.17) is 10.5 Å². The molecule has 0 fully saturated rings. The molecule has 0 heterocycles. The quantitative estimate of drug-likeness (QED) is 0.795. The first-order valence-corrected chi connectivity index (χ1v) is 8.82. The van der Waals surface area contributed by atoms with Crippen LogP contribution in [-0.4, -0.2) is 33.9 Å². The molecule has 0 spiro atoms. The first kappa shape index (κ1) is 19.9. The molecule has 0 saturated heterocycles. The molecule has 7 heteroatoms. The Morgan fingerprint density at radius 1 is 1.17 bits per heavy atom. The fourth-order valence-electron chi connectivity index (χ4n) is 2.32. The molecule has 2 atom stereocenters. The lowest BCUT2D eigenvalue weighted by atomic mass is 10.0. The normalized spacial score (nSPS) is 14.2. The van der Waals surface area contributed by atoms with Gasteiger partial charge in [-0.2, -0.15) is 0 Å². The van der Waals surface area contributed by atoms with Crippen molar-refractivity contribution in [3.05, 3.63) is 48.0 Å². The Balaban J connectivity index is 0.00000264. The Hall–Kier alpha value is -1.18. The molecule has 0 aliphatic carbocycles. The Bertz CT molecular complexity index is 737. The molecule has 0 amide bonds. The van der Waals surface area contributed by atoms with E-state index in [-0.39, 0.29) is 30.8 Å². The van der Waals surface area contributed by atoms with Gasteiger partial charge in [-0.25, -0.2) is 13.1 Å². The second-order valence-electron chi connectivity index (χ2n) is 5.34. The standard InChI is InChI=1S/C16H22N2O3S.ClH/c1-12(21-2)11-22(19,20)18-16(10-17)15-8-7-13-5-3-4-6-14(13)9-15;/h3-9,12,16,18H,10-11,17H2,1-2H3;1H. The van der Waals surface area contributed by atoms with Crippen molar-refractivity contribution in [1.29, 1.82) is 0 Å². The Morgan fingerprint density at radius 3 is 2.43 bits per heavy atom. The highest BCUT2D eigenvalue weighted by Crippen LogP contribution is 2.20. The maximum absolute atomic E-state index is 12.2. The summed E-state index contributed by atoms with van der Waals surface area (Å²) in [7, 11) is -1.97. The summed E-state index contributed by atoms with van der Waals surface area (Å²) >= 11 is 0. The molecule has 128 valence electrons. The van der Waals surface area contributed by atoms with Crippen LogP contribution in [0, 0.1) is 0 Å². The number of nitrogens with one attached hydrogen (secondary N) is 1. The minimum atomic E-state index is -3.46. The second kappa shape index (κ2) is 8.61. The number of ether oxygens (including phenoxy) is 1. The van der Waals surface area contributed by atoms with Crippen LogP contribution in [-0.2, 0) is 14.8 Å². The molecule has 5 nitrogen and oxygen atoms in total. The summed E-state index contributed by atoms with van der Waals surface area (Å²) in [6, 6.07) is 13.3. The molecule has 0 aliphatic rings. The van der Waals surface area contributed by atoms with Gasteiger partial charge in [-0.15, -0.1) is 12.4 Å². The summed E-state index contributed by atoms with van der Waals surface area (Å²) in [6.07, 6.45) is -0.368. The molecule has 0 aromatic heterocycles. The summed E-state index contributed by atoms with van der Waals surface area (Å²) in [5, 5.41) is 2.17. The van der Waals surface area contributed by atoms with E-state index in [1.54, 1.807) is 6.92 Å². The molecule has 0 saturated carbocycles. The third-order valence-corrected chi connectivity index (χ3v) is 5.14. The van der Waals surface area contributed by atoms with Gasteiger partial charge in [-0.3, -0.25) is 0 Å². The third kappa shape index (κ3) is 5.44. The summed E-state index contributed by atoms with van der Waals surface area (Å²) in [5.74, 6) is -0.0897. The fraction of sp³-hybridized carbons (Fsp3) is 0.375. The van der Waals surface area contributed by atoms with Gasteiger partial charge in [0, 0.05) is 13.7 Å². The molecule has 0 radical (unpaired) electrons. The topological polar surface area (TPSA) is 81.4 Å². The smallest absolute Gasteiger partial charge is 0.214 e. The molecule has 0 bridgehead atoms. The number of nitrogens with two attached hydrogens (primary N) is 1. The van der Waals surface area contributed by atoms with Crippen LogP contribution in [0.5, 0.6) is 0 Å². The van der Waals surface area contributed by atoms with Crippen LogP contribution in [0.4, 0.5) is 0 Å². The second-order valence-corrected chi connectivity index (χ2v) is 7.14. The molecule has 3 N–H and O–H groups in total.